The molecule has 0 saturated carbocycles. The van der Waals surface area contributed by atoms with Gasteiger partial charge in [-0.3, -0.25) is 9.10 Å². The van der Waals surface area contributed by atoms with Gasteiger partial charge in [0.1, 0.15) is 12.3 Å². The lowest BCUT2D eigenvalue weighted by atomic mass is 10.2. The molecule has 0 aliphatic heterocycles. The number of hydrogen-bond donors (Lipinski definition) is 1. The number of para-hydroxylation sites is 1. The van der Waals surface area contributed by atoms with Crippen molar-refractivity contribution in [1.82, 2.24) is 5.32 Å². The Morgan fingerprint density at radius 2 is 1.66 bits per heavy atom. The van der Waals surface area contributed by atoms with Gasteiger partial charge in [0.15, 0.2) is 0 Å². The summed E-state index contributed by atoms with van der Waals surface area (Å²) in [7, 11) is -4.03. The highest BCUT2D eigenvalue weighted by Gasteiger charge is 2.27. The monoisotopic (exact) mass is 492 g/mol. The van der Waals surface area contributed by atoms with Crippen LogP contribution in [0, 0.1) is 0 Å². The van der Waals surface area contributed by atoms with E-state index in [-0.39, 0.29) is 27.2 Å². The molecule has 0 bridgehead atoms. The molecule has 168 valence electrons. The summed E-state index contributed by atoms with van der Waals surface area (Å²) in [5.41, 5.74) is 1.02. The van der Waals surface area contributed by atoms with Crippen molar-refractivity contribution in [2.24, 2.45) is 0 Å². The van der Waals surface area contributed by atoms with Crippen LogP contribution in [0.4, 0.5) is 5.69 Å². The third-order valence-electron chi connectivity index (χ3n) is 4.56. The molecule has 32 heavy (non-hydrogen) atoms. The number of halogens is 2. The number of carbonyl (C=O) groups excluding carboxylic acids is 1. The van der Waals surface area contributed by atoms with Gasteiger partial charge in [-0.15, -0.1) is 0 Å². The number of nitrogens with zero attached hydrogens (tertiary/aromatic N) is 1. The fourth-order valence-electron chi connectivity index (χ4n) is 3.00. The molecule has 0 aliphatic rings. The van der Waals surface area contributed by atoms with Crippen molar-refractivity contribution < 1.29 is 17.9 Å². The van der Waals surface area contributed by atoms with E-state index in [1.54, 1.807) is 18.2 Å². The average molecular weight is 493 g/mol. The van der Waals surface area contributed by atoms with Crippen LogP contribution >= 0.6 is 23.2 Å². The lowest BCUT2D eigenvalue weighted by Gasteiger charge is -2.24. The Kier molecular flexibility index (Phi) is 8.01. The van der Waals surface area contributed by atoms with E-state index in [1.165, 1.54) is 30.3 Å². The molecule has 0 atom stereocenters. The summed E-state index contributed by atoms with van der Waals surface area (Å²) < 4.78 is 33.2. The first kappa shape index (κ1) is 23.9. The van der Waals surface area contributed by atoms with Gasteiger partial charge in [-0.2, -0.15) is 0 Å². The number of anilines is 1. The standard InChI is InChI=1S/C23H22Cl2N2O4S/c1-2-31-22-11-7-6-8-17(22)15-26-23(28)16-27(18-12-13-20(24)21(25)14-18)32(29,30)19-9-4-3-5-10-19/h3-14H,2,15-16H2,1H3,(H,26,28). The fourth-order valence-corrected chi connectivity index (χ4v) is 4.73. The Hall–Kier alpha value is -2.74. The molecule has 0 saturated heterocycles. The fraction of sp³-hybridized carbons (Fsp3) is 0.174. The van der Waals surface area contributed by atoms with Crippen LogP contribution < -0.4 is 14.4 Å². The van der Waals surface area contributed by atoms with E-state index in [9.17, 15) is 13.2 Å². The SMILES string of the molecule is CCOc1ccccc1CNC(=O)CN(c1ccc(Cl)c(Cl)c1)S(=O)(=O)c1ccccc1. The Labute approximate surface area is 197 Å². The molecule has 0 heterocycles. The van der Waals surface area contributed by atoms with Gasteiger partial charge in [0.25, 0.3) is 10.0 Å². The van der Waals surface area contributed by atoms with Crippen molar-refractivity contribution in [2.45, 2.75) is 18.4 Å². The van der Waals surface area contributed by atoms with E-state index >= 15 is 0 Å². The van der Waals surface area contributed by atoms with Gasteiger partial charge in [0.2, 0.25) is 5.91 Å². The minimum atomic E-state index is -4.03. The van der Waals surface area contributed by atoms with Gasteiger partial charge in [0, 0.05) is 12.1 Å². The highest BCUT2D eigenvalue weighted by Crippen LogP contribution is 2.30. The van der Waals surface area contributed by atoms with Crippen LogP contribution in [0.5, 0.6) is 5.75 Å². The number of nitrogens with one attached hydrogen (secondary N) is 1. The molecule has 3 rings (SSSR count). The number of amides is 1. The molecular weight excluding hydrogens is 471 g/mol. The highest BCUT2D eigenvalue weighted by molar-refractivity contribution is 7.92. The van der Waals surface area contributed by atoms with Crippen LogP contribution in [-0.4, -0.2) is 27.5 Å². The third-order valence-corrected chi connectivity index (χ3v) is 7.09. The maximum atomic E-state index is 13.3. The second-order valence-electron chi connectivity index (χ2n) is 6.74. The zero-order valence-electron chi connectivity index (χ0n) is 17.3. The van der Waals surface area contributed by atoms with Gasteiger partial charge in [-0.25, -0.2) is 8.42 Å². The summed E-state index contributed by atoms with van der Waals surface area (Å²) in [5.74, 6) is 0.176. The van der Waals surface area contributed by atoms with Gasteiger partial charge in [-0.05, 0) is 43.3 Å². The van der Waals surface area contributed by atoms with E-state index in [4.69, 9.17) is 27.9 Å². The molecular formula is C23H22Cl2N2O4S. The van der Waals surface area contributed by atoms with E-state index in [1.807, 2.05) is 31.2 Å². The van der Waals surface area contributed by atoms with Crippen LogP contribution in [0.3, 0.4) is 0 Å². The minimum Gasteiger partial charge on any atom is -0.494 e. The average Bonchev–Trinajstić information content (AvgIpc) is 2.79. The van der Waals surface area contributed by atoms with Gasteiger partial charge < -0.3 is 10.1 Å². The third kappa shape index (κ3) is 5.73. The zero-order chi connectivity index (χ0) is 23.1. The molecule has 0 radical (unpaired) electrons. The van der Waals surface area contributed by atoms with Gasteiger partial charge >= 0.3 is 0 Å². The van der Waals surface area contributed by atoms with E-state index in [0.29, 0.717) is 12.4 Å². The molecule has 0 fully saturated rings. The Morgan fingerprint density at radius 1 is 0.969 bits per heavy atom. The first-order valence-electron chi connectivity index (χ1n) is 9.83. The minimum absolute atomic E-state index is 0.0561. The van der Waals surface area contributed by atoms with Crippen molar-refractivity contribution in [3.8, 4) is 5.75 Å². The van der Waals surface area contributed by atoms with Crippen LogP contribution in [-0.2, 0) is 21.4 Å². The molecule has 1 amide bonds. The number of hydrogen-bond acceptors (Lipinski definition) is 4. The Morgan fingerprint density at radius 3 is 2.34 bits per heavy atom. The maximum Gasteiger partial charge on any atom is 0.264 e. The van der Waals surface area contributed by atoms with Crippen molar-refractivity contribution in [3.63, 3.8) is 0 Å². The largest absolute Gasteiger partial charge is 0.494 e. The summed E-state index contributed by atoms with van der Waals surface area (Å²) in [5, 5.41) is 3.23. The van der Waals surface area contributed by atoms with Gasteiger partial charge in [-0.1, -0.05) is 59.6 Å². The topological polar surface area (TPSA) is 75.7 Å². The predicted molar refractivity (Wildman–Crippen MR) is 127 cm³/mol. The number of benzene rings is 3. The van der Waals surface area contributed by atoms with Gasteiger partial charge in [0.05, 0.1) is 27.2 Å². The Balaban J connectivity index is 1.86. The summed E-state index contributed by atoms with van der Waals surface area (Å²) in [4.78, 5) is 12.8. The zero-order valence-corrected chi connectivity index (χ0v) is 19.6. The molecule has 6 nitrogen and oxygen atoms in total. The van der Waals surface area contributed by atoms with Crippen LogP contribution in [0.1, 0.15) is 12.5 Å². The second kappa shape index (κ2) is 10.7. The summed E-state index contributed by atoms with van der Waals surface area (Å²) in [6, 6.07) is 19.6. The van der Waals surface area contributed by atoms with E-state index < -0.39 is 22.5 Å². The van der Waals surface area contributed by atoms with Crippen LogP contribution in [0.2, 0.25) is 10.0 Å². The second-order valence-corrected chi connectivity index (χ2v) is 9.42. The van der Waals surface area contributed by atoms with E-state index in [2.05, 4.69) is 5.32 Å². The first-order valence-corrected chi connectivity index (χ1v) is 12.0. The Bertz CT molecular complexity index is 1190. The molecule has 9 heteroatoms. The number of carbonyl (C=O) groups is 1. The molecule has 0 spiro atoms. The van der Waals surface area contributed by atoms with E-state index in [0.717, 1.165) is 9.87 Å². The van der Waals surface area contributed by atoms with Crippen LogP contribution in [0.15, 0.2) is 77.7 Å². The lowest BCUT2D eigenvalue weighted by molar-refractivity contribution is -0.119. The normalized spacial score (nSPS) is 11.1. The van der Waals surface area contributed by atoms with Crippen LogP contribution in [0.25, 0.3) is 0 Å². The van der Waals surface area contributed by atoms with Crippen molar-refractivity contribution in [2.75, 3.05) is 17.5 Å². The summed E-state index contributed by atoms with van der Waals surface area (Å²) in [6.45, 7) is 2.12. The molecule has 0 unspecified atom stereocenters. The molecule has 3 aromatic rings. The molecule has 1 N–H and O–H groups in total. The smallest absolute Gasteiger partial charge is 0.264 e. The lowest BCUT2D eigenvalue weighted by Crippen LogP contribution is -2.40. The summed E-state index contributed by atoms with van der Waals surface area (Å²) >= 11 is 12.1. The number of ether oxygens (including phenoxy) is 1. The first-order chi connectivity index (χ1) is 15.3. The summed E-state index contributed by atoms with van der Waals surface area (Å²) in [6.07, 6.45) is 0. The van der Waals surface area contributed by atoms with Crippen molar-refractivity contribution in [1.29, 1.82) is 0 Å². The predicted octanol–water partition coefficient (Wildman–Crippen LogP) is 4.90. The quantitative estimate of drug-likeness (QED) is 0.460. The number of rotatable bonds is 9. The number of sulfonamides is 1. The highest BCUT2D eigenvalue weighted by atomic mass is 35.5. The molecule has 3 aromatic carbocycles. The maximum absolute atomic E-state index is 13.3. The molecule has 0 aromatic heterocycles. The molecule has 0 aliphatic carbocycles. The van der Waals surface area contributed by atoms with Crippen molar-refractivity contribution in [3.05, 3.63) is 88.4 Å². The van der Waals surface area contributed by atoms with Crippen molar-refractivity contribution >= 4 is 44.8 Å².